The van der Waals surface area contributed by atoms with E-state index in [-0.39, 0.29) is 6.10 Å². The highest BCUT2D eigenvalue weighted by Gasteiger charge is 2.24. The molecule has 8 heteroatoms. The van der Waals surface area contributed by atoms with Gasteiger partial charge in [-0.3, -0.25) is 4.68 Å². The average Bonchev–Trinajstić information content (AvgIpc) is 2.93. The summed E-state index contributed by atoms with van der Waals surface area (Å²) in [7, 11) is 1.95. The Morgan fingerprint density at radius 2 is 2.00 bits per heavy atom. The van der Waals surface area contributed by atoms with E-state index in [0.29, 0.717) is 12.2 Å². The smallest absolute Gasteiger partial charge is 0.328 e. The molecule has 0 saturated heterocycles. The van der Waals surface area contributed by atoms with Crippen molar-refractivity contribution in [2.24, 2.45) is 0 Å². The number of ether oxygens (including phenoxy) is 1. The fraction of sp³-hybridized carbons (Fsp3) is 0.312. The molecule has 3 rings (SSSR count). The van der Waals surface area contributed by atoms with Crippen molar-refractivity contribution in [3.63, 3.8) is 0 Å². The van der Waals surface area contributed by atoms with Crippen LogP contribution in [-0.4, -0.2) is 52.1 Å². The summed E-state index contributed by atoms with van der Waals surface area (Å²) in [4.78, 5) is 19.1. The lowest BCUT2D eigenvalue weighted by molar-refractivity contribution is -0.134. The third-order valence-electron chi connectivity index (χ3n) is 3.37. The van der Waals surface area contributed by atoms with Gasteiger partial charge in [0.05, 0.1) is 24.4 Å². The Labute approximate surface area is 138 Å². The number of fused-ring (bicyclic) bond motifs is 3. The third kappa shape index (κ3) is 4.40. The lowest BCUT2D eigenvalue weighted by atomic mass is 10.1. The second-order valence-corrected chi connectivity index (χ2v) is 5.05. The average molecular weight is 333 g/mol. The molecule has 0 spiro atoms. The molecule has 0 fully saturated rings. The largest absolute Gasteiger partial charge is 0.478 e. The number of hydrogen-bond acceptors (Lipinski definition) is 5. The number of aliphatic carboxylic acids is 2. The number of carboxylic acid groups (broad SMARTS) is 2. The van der Waals surface area contributed by atoms with Crippen LogP contribution in [0.4, 0.5) is 0 Å². The van der Waals surface area contributed by atoms with Crippen molar-refractivity contribution in [3.05, 3.63) is 42.1 Å². The molecule has 0 amide bonds. The zero-order valence-corrected chi connectivity index (χ0v) is 13.2. The second kappa shape index (κ2) is 8.23. The summed E-state index contributed by atoms with van der Waals surface area (Å²) >= 11 is 0. The lowest BCUT2D eigenvalue weighted by Gasteiger charge is -2.24. The van der Waals surface area contributed by atoms with E-state index in [1.165, 1.54) is 11.1 Å². The van der Waals surface area contributed by atoms with Gasteiger partial charge in [-0.05, 0) is 13.1 Å². The first-order valence-electron chi connectivity index (χ1n) is 7.38. The molecule has 0 bridgehead atoms. The van der Waals surface area contributed by atoms with Gasteiger partial charge in [0.2, 0.25) is 0 Å². The molecule has 0 aliphatic carbocycles. The molecule has 0 saturated carbocycles. The Balaban J connectivity index is 0.000000224. The first kappa shape index (κ1) is 17.6. The molecule has 1 aliphatic rings. The number of carboxylic acids is 2. The Morgan fingerprint density at radius 1 is 1.33 bits per heavy atom. The predicted octanol–water partition coefficient (Wildman–Crippen LogP) is 1.04. The van der Waals surface area contributed by atoms with Crippen LogP contribution in [0.2, 0.25) is 0 Å². The van der Waals surface area contributed by atoms with Crippen LogP contribution in [0.25, 0.3) is 10.9 Å². The van der Waals surface area contributed by atoms with Gasteiger partial charge in [0, 0.05) is 24.1 Å². The summed E-state index contributed by atoms with van der Waals surface area (Å²) in [6.45, 7) is 2.42. The van der Waals surface area contributed by atoms with Crippen molar-refractivity contribution in [2.75, 3.05) is 20.2 Å². The number of nitrogens with zero attached hydrogens (tertiary/aromatic N) is 2. The molecular weight excluding hydrogens is 314 g/mol. The van der Waals surface area contributed by atoms with Crippen molar-refractivity contribution in [1.29, 1.82) is 0 Å². The normalized spacial score (nSPS) is 16.5. The number of hydrogen-bond donors (Lipinski definition) is 3. The van der Waals surface area contributed by atoms with E-state index in [9.17, 15) is 9.59 Å². The molecule has 2 heterocycles. The summed E-state index contributed by atoms with van der Waals surface area (Å²) in [5.41, 5.74) is 2.26. The van der Waals surface area contributed by atoms with Gasteiger partial charge >= 0.3 is 11.9 Å². The number of aromatic nitrogens is 2. The van der Waals surface area contributed by atoms with E-state index in [0.717, 1.165) is 25.2 Å². The van der Waals surface area contributed by atoms with Crippen LogP contribution < -0.4 is 5.32 Å². The van der Waals surface area contributed by atoms with E-state index >= 15 is 0 Å². The standard InChI is InChI=1S/C12H15N3O.C4H4O4/c1-13-8-11-12-9-4-2-3-5-10(9)14-15(12)6-7-16-11;5-3(6)1-2-4(7)8/h2-5,11,13H,6-8H2,1H3;1-2H,(H,5,6)(H,7,8)/b;2-1+/t11-;/m0./s1. The van der Waals surface area contributed by atoms with Crippen LogP contribution in [0.15, 0.2) is 36.4 Å². The molecule has 1 aromatic carbocycles. The highest BCUT2D eigenvalue weighted by Crippen LogP contribution is 2.28. The number of rotatable bonds is 4. The molecule has 2 aromatic rings. The second-order valence-electron chi connectivity index (χ2n) is 5.05. The topological polar surface area (TPSA) is 114 Å². The number of benzene rings is 1. The molecule has 0 radical (unpaired) electrons. The molecule has 24 heavy (non-hydrogen) atoms. The van der Waals surface area contributed by atoms with Crippen molar-refractivity contribution in [3.8, 4) is 0 Å². The number of likely N-dealkylation sites (N-methyl/N-ethyl adjacent to an activating group) is 1. The molecule has 1 atom stereocenters. The van der Waals surface area contributed by atoms with Crippen molar-refractivity contribution >= 4 is 22.8 Å². The van der Waals surface area contributed by atoms with Crippen LogP contribution in [0.3, 0.4) is 0 Å². The van der Waals surface area contributed by atoms with Gasteiger partial charge in [-0.2, -0.15) is 5.10 Å². The van der Waals surface area contributed by atoms with Crippen LogP contribution in [-0.2, 0) is 20.9 Å². The van der Waals surface area contributed by atoms with Gasteiger partial charge in [0.1, 0.15) is 6.10 Å². The van der Waals surface area contributed by atoms with E-state index in [4.69, 9.17) is 14.9 Å². The van der Waals surface area contributed by atoms with Crippen LogP contribution in [0, 0.1) is 0 Å². The van der Waals surface area contributed by atoms with Crippen LogP contribution >= 0.6 is 0 Å². The Kier molecular flexibility index (Phi) is 6.05. The first-order valence-corrected chi connectivity index (χ1v) is 7.38. The molecule has 1 aromatic heterocycles. The molecule has 128 valence electrons. The fourth-order valence-corrected chi connectivity index (χ4v) is 2.45. The van der Waals surface area contributed by atoms with Gasteiger partial charge in [0.15, 0.2) is 0 Å². The molecule has 8 nitrogen and oxygen atoms in total. The van der Waals surface area contributed by atoms with Gasteiger partial charge in [-0.1, -0.05) is 18.2 Å². The summed E-state index contributed by atoms with van der Waals surface area (Å²) in [5, 5.41) is 24.6. The number of carbonyl (C=O) groups is 2. The van der Waals surface area contributed by atoms with Gasteiger partial charge in [-0.15, -0.1) is 0 Å². The van der Waals surface area contributed by atoms with Crippen LogP contribution in [0.1, 0.15) is 11.8 Å². The molecule has 3 N–H and O–H groups in total. The SMILES string of the molecule is CNC[C@@H]1OCCn2nc3ccccc3c21.O=C(O)/C=C/C(=O)O. The third-order valence-corrected chi connectivity index (χ3v) is 3.37. The van der Waals surface area contributed by atoms with Crippen molar-refractivity contribution in [2.45, 2.75) is 12.6 Å². The summed E-state index contributed by atoms with van der Waals surface area (Å²) in [6.07, 6.45) is 1.23. The highest BCUT2D eigenvalue weighted by atomic mass is 16.5. The summed E-state index contributed by atoms with van der Waals surface area (Å²) < 4.78 is 7.87. The maximum absolute atomic E-state index is 9.55. The van der Waals surface area contributed by atoms with Crippen molar-refractivity contribution < 1.29 is 24.5 Å². The lowest BCUT2D eigenvalue weighted by Crippen LogP contribution is -2.28. The molecular formula is C16H19N3O5. The fourth-order valence-electron chi connectivity index (χ4n) is 2.45. The minimum Gasteiger partial charge on any atom is -0.478 e. The van der Waals surface area contributed by atoms with E-state index in [1.807, 2.05) is 13.1 Å². The van der Waals surface area contributed by atoms with E-state index in [1.54, 1.807) is 0 Å². The van der Waals surface area contributed by atoms with Gasteiger partial charge in [-0.25, -0.2) is 9.59 Å². The monoisotopic (exact) mass is 333 g/mol. The molecule has 0 unspecified atom stereocenters. The van der Waals surface area contributed by atoms with Gasteiger partial charge in [0.25, 0.3) is 0 Å². The first-order chi connectivity index (χ1) is 11.5. The Morgan fingerprint density at radius 3 is 2.62 bits per heavy atom. The number of nitrogens with one attached hydrogen (secondary N) is 1. The maximum Gasteiger partial charge on any atom is 0.328 e. The Bertz CT molecular complexity index is 737. The minimum absolute atomic E-state index is 0.117. The summed E-state index contributed by atoms with van der Waals surface area (Å²) in [6, 6.07) is 8.24. The quantitative estimate of drug-likeness (QED) is 0.716. The van der Waals surface area contributed by atoms with Crippen LogP contribution in [0.5, 0.6) is 0 Å². The maximum atomic E-state index is 9.55. The summed E-state index contributed by atoms with van der Waals surface area (Å²) in [5.74, 6) is -2.51. The van der Waals surface area contributed by atoms with E-state index < -0.39 is 11.9 Å². The highest BCUT2D eigenvalue weighted by molar-refractivity contribution is 5.89. The Hall–Kier alpha value is -2.71. The minimum atomic E-state index is -1.26. The zero-order chi connectivity index (χ0) is 17.5. The molecule has 1 aliphatic heterocycles. The van der Waals surface area contributed by atoms with Gasteiger partial charge < -0.3 is 20.3 Å². The van der Waals surface area contributed by atoms with E-state index in [2.05, 4.69) is 33.3 Å². The van der Waals surface area contributed by atoms with Crippen molar-refractivity contribution in [1.82, 2.24) is 15.1 Å². The predicted molar refractivity (Wildman–Crippen MR) is 86.8 cm³/mol. The zero-order valence-electron chi connectivity index (χ0n) is 13.2.